The maximum Gasteiger partial charge on any atom is 0.237 e. The predicted molar refractivity (Wildman–Crippen MR) is 150 cm³/mol. The monoisotopic (exact) mass is 501 g/mol. The topological polar surface area (TPSA) is 93.5 Å². The van der Waals surface area contributed by atoms with E-state index in [-0.39, 0.29) is 11.8 Å². The second-order valence-corrected chi connectivity index (χ2v) is 9.36. The maximum absolute atomic E-state index is 12.1. The van der Waals surface area contributed by atoms with Gasteiger partial charge in [-0.1, -0.05) is 67.6 Å². The molecule has 1 aliphatic rings. The van der Waals surface area contributed by atoms with Crippen LogP contribution in [0, 0.1) is 0 Å². The highest BCUT2D eigenvalue weighted by Crippen LogP contribution is 2.36. The molecular formula is C31H39N3O3. The maximum atomic E-state index is 12.1. The fourth-order valence-electron chi connectivity index (χ4n) is 4.56. The number of para-hydroxylation sites is 1. The van der Waals surface area contributed by atoms with Gasteiger partial charge in [0.1, 0.15) is 5.75 Å². The molecule has 1 heterocycles. The van der Waals surface area contributed by atoms with E-state index in [0.717, 1.165) is 43.7 Å². The first-order valence-corrected chi connectivity index (χ1v) is 13.1. The summed E-state index contributed by atoms with van der Waals surface area (Å²) in [5, 5.41) is 5.58. The van der Waals surface area contributed by atoms with Crippen LogP contribution in [0.25, 0.3) is 0 Å². The van der Waals surface area contributed by atoms with Crippen LogP contribution >= 0.6 is 0 Å². The summed E-state index contributed by atoms with van der Waals surface area (Å²) < 4.78 is 5.93. The van der Waals surface area contributed by atoms with Crippen LogP contribution in [0.2, 0.25) is 0 Å². The Morgan fingerprint density at radius 1 is 0.946 bits per heavy atom. The lowest BCUT2D eigenvalue weighted by atomic mass is 9.72. The van der Waals surface area contributed by atoms with Gasteiger partial charge in [-0.25, -0.2) is 0 Å². The molecule has 3 aromatic carbocycles. The third kappa shape index (κ3) is 7.92. The summed E-state index contributed by atoms with van der Waals surface area (Å²) in [6.45, 7) is 3.80. The van der Waals surface area contributed by atoms with Crippen molar-refractivity contribution in [3.8, 4) is 5.75 Å². The largest absolute Gasteiger partial charge is 0.493 e. The number of anilines is 1. The van der Waals surface area contributed by atoms with Gasteiger partial charge in [-0.2, -0.15) is 0 Å². The van der Waals surface area contributed by atoms with Gasteiger partial charge < -0.3 is 15.8 Å². The van der Waals surface area contributed by atoms with Crippen molar-refractivity contribution in [3.63, 3.8) is 0 Å². The van der Waals surface area contributed by atoms with Crippen molar-refractivity contribution in [2.75, 3.05) is 25.9 Å². The second-order valence-electron chi connectivity index (χ2n) is 9.36. The highest BCUT2D eigenvalue weighted by Gasteiger charge is 2.42. The molecule has 0 bridgehead atoms. The Morgan fingerprint density at radius 3 is 2.32 bits per heavy atom. The lowest BCUT2D eigenvalue weighted by molar-refractivity contribution is -0.138. The molecule has 6 nitrogen and oxygen atoms in total. The molecule has 0 radical (unpaired) electrons. The van der Waals surface area contributed by atoms with Crippen molar-refractivity contribution >= 4 is 17.5 Å². The number of imide groups is 1. The molecule has 1 atom stereocenters. The van der Waals surface area contributed by atoms with Gasteiger partial charge in [0.2, 0.25) is 11.8 Å². The van der Waals surface area contributed by atoms with E-state index in [9.17, 15) is 9.59 Å². The number of nitrogens with one attached hydrogen (secondary N) is 2. The second kappa shape index (κ2) is 14.2. The van der Waals surface area contributed by atoms with E-state index in [4.69, 9.17) is 10.5 Å². The van der Waals surface area contributed by atoms with Gasteiger partial charge in [-0.3, -0.25) is 14.9 Å². The van der Waals surface area contributed by atoms with Crippen molar-refractivity contribution < 1.29 is 14.3 Å². The van der Waals surface area contributed by atoms with Crippen molar-refractivity contribution in [3.05, 3.63) is 95.6 Å². The molecule has 1 unspecified atom stereocenters. The number of ether oxygens (including phenoxy) is 1. The van der Waals surface area contributed by atoms with Crippen LogP contribution in [0.5, 0.6) is 5.75 Å². The molecule has 6 heteroatoms. The quantitative estimate of drug-likeness (QED) is 0.206. The average molecular weight is 502 g/mol. The van der Waals surface area contributed by atoms with E-state index < -0.39 is 5.41 Å². The number of unbranched alkanes of at least 4 members (excludes halogenated alkanes) is 1. The fraction of sp³-hybridized carbons (Fsp3) is 0.355. The summed E-state index contributed by atoms with van der Waals surface area (Å²) >= 11 is 0. The Balaban J connectivity index is 0.000000208. The van der Waals surface area contributed by atoms with E-state index >= 15 is 0 Å². The average Bonchev–Trinajstić information content (AvgIpc) is 2.91. The number of carbonyl (C=O) groups is 2. The molecule has 1 fully saturated rings. The van der Waals surface area contributed by atoms with Crippen molar-refractivity contribution in [2.24, 2.45) is 0 Å². The van der Waals surface area contributed by atoms with Gasteiger partial charge in [0.25, 0.3) is 0 Å². The first kappa shape index (κ1) is 27.9. The lowest BCUT2D eigenvalue weighted by Gasteiger charge is -2.34. The number of hydrogen-bond donors (Lipinski definition) is 3. The van der Waals surface area contributed by atoms with E-state index in [1.807, 2.05) is 38.2 Å². The zero-order valence-corrected chi connectivity index (χ0v) is 22.0. The van der Waals surface area contributed by atoms with Crippen LogP contribution in [-0.4, -0.2) is 32.0 Å². The first-order chi connectivity index (χ1) is 18.0. The zero-order chi connectivity index (χ0) is 26.5. The number of nitrogens with two attached hydrogens (primary N) is 1. The third-order valence-corrected chi connectivity index (χ3v) is 6.82. The van der Waals surface area contributed by atoms with E-state index in [0.29, 0.717) is 24.9 Å². The molecular weight excluding hydrogens is 462 g/mol. The van der Waals surface area contributed by atoms with Gasteiger partial charge in [-0.05, 0) is 74.2 Å². The standard InChI is InChI=1S/C18H23NO.C13H16N2O2/c1-19-13-7-8-14-20-18-12-6-5-11-17(18)15-16-9-3-2-4-10-16;1-2-13(8-7-11(16)15-12(13)17)9-3-5-10(14)6-4-9/h2-6,9-12,19H,7-8,13-15H2,1H3;3-6H,2,7-8,14H2,1H3,(H,15,16,17). The Labute approximate surface area is 220 Å². The van der Waals surface area contributed by atoms with Gasteiger partial charge in [0, 0.05) is 18.5 Å². The molecule has 2 amide bonds. The van der Waals surface area contributed by atoms with Crippen LogP contribution in [0.3, 0.4) is 0 Å². The summed E-state index contributed by atoms with van der Waals surface area (Å²) in [7, 11) is 1.98. The number of benzene rings is 3. The minimum Gasteiger partial charge on any atom is -0.493 e. The molecule has 3 aromatic rings. The molecule has 196 valence electrons. The number of carbonyl (C=O) groups excluding carboxylic acids is 2. The molecule has 37 heavy (non-hydrogen) atoms. The van der Waals surface area contributed by atoms with Gasteiger partial charge in [-0.15, -0.1) is 0 Å². The van der Waals surface area contributed by atoms with Gasteiger partial charge in [0.05, 0.1) is 12.0 Å². The number of rotatable bonds is 10. The van der Waals surface area contributed by atoms with Crippen molar-refractivity contribution in [2.45, 2.75) is 50.9 Å². The normalized spacial score (nSPS) is 16.9. The summed E-state index contributed by atoms with van der Waals surface area (Å²) in [5.41, 5.74) is 9.24. The lowest BCUT2D eigenvalue weighted by Crippen LogP contribution is -2.51. The molecule has 4 rings (SSSR count). The van der Waals surface area contributed by atoms with Crippen molar-refractivity contribution in [1.82, 2.24) is 10.6 Å². The van der Waals surface area contributed by atoms with Crippen LogP contribution in [0.15, 0.2) is 78.9 Å². The Bertz CT molecular complexity index is 1130. The number of piperidine rings is 1. The number of nitrogen functional groups attached to an aromatic ring is 1. The molecule has 4 N–H and O–H groups in total. The molecule has 0 aromatic heterocycles. The number of hydrogen-bond acceptors (Lipinski definition) is 5. The fourth-order valence-corrected chi connectivity index (χ4v) is 4.56. The molecule has 0 spiro atoms. The Morgan fingerprint density at radius 2 is 1.65 bits per heavy atom. The molecule has 1 aliphatic heterocycles. The Kier molecular flexibility index (Phi) is 10.7. The highest BCUT2D eigenvalue weighted by atomic mass is 16.5. The van der Waals surface area contributed by atoms with Crippen LogP contribution in [-0.2, 0) is 21.4 Å². The molecule has 1 saturated heterocycles. The minimum absolute atomic E-state index is 0.186. The summed E-state index contributed by atoms with van der Waals surface area (Å²) in [4.78, 5) is 23.3. The van der Waals surface area contributed by atoms with E-state index in [1.165, 1.54) is 11.1 Å². The summed E-state index contributed by atoms with van der Waals surface area (Å²) in [5.74, 6) is 0.636. The predicted octanol–water partition coefficient (Wildman–Crippen LogP) is 5.01. The van der Waals surface area contributed by atoms with E-state index in [1.54, 1.807) is 12.1 Å². The van der Waals surface area contributed by atoms with Crippen molar-refractivity contribution in [1.29, 1.82) is 0 Å². The smallest absolute Gasteiger partial charge is 0.237 e. The highest BCUT2D eigenvalue weighted by molar-refractivity contribution is 6.03. The third-order valence-electron chi connectivity index (χ3n) is 6.82. The molecule has 0 aliphatic carbocycles. The van der Waals surface area contributed by atoms with Gasteiger partial charge >= 0.3 is 0 Å². The number of amides is 2. The van der Waals surface area contributed by atoms with Gasteiger partial charge in [0.15, 0.2) is 0 Å². The van der Waals surface area contributed by atoms with E-state index in [2.05, 4.69) is 53.1 Å². The van der Waals surface area contributed by atoms with Crippen LogP contribution < -0.4 is 21.1 Å². The minimum atomic E-state index is -0.582. The summed E-state index contributed by atoms with van der Waals surface area (Å²) in [6.07, 6.45) is 4.80. The SMILES string of the molecule is CCC1(c2ccc(N)cc2)CCC(=O)NC1=O.CNCCCCOc1ccccc1Cc1ccccc1. The van der Waals surface area contributed by atoms with Crippen LogP contribution in [0.4, 0.5) is 5.69 Å². The Hall–Kier alpha value is -3.64. The summed E-state index contributed by atoms with van der Waals surface area (Å²) in [6, 6.07) is 26.2. The molecule has 0 saturated carbocycles. The first-order valence-electron chi connectivity index (χ1n) is 13.1. The zero-order valence-electron chi connectivity index (χ0n) is 22.0. The van der Waals surface area contributed by atoms with Crippen LogP contribution in [0.1, 0.15) is 55.7 Å².